The number of allylic oxidation sites excluding steroid dienone is 1. The lowest BCUT2D eigenvalue weighted by molar-refractivity contribution is -0.125. The molecule has 2 fully saturated rings. The van der Waals surface area contributed by atoms with Crippen molar-refractivity contribution >= 4 is 39.5 Å². The highest BCUT2D eigenvalue weighted by Gasteiger charge is 2.44. The molecule has 5 aromatic rings. The molecule has 1 saturated heterocycles. The average Bonchev–Trinajstić information content (AvgIpc) is 3.63. The fourth-order valence-electron chi connectivity index (χ4n) is 7.43. The molecule has 296 valence electrons. The smallest absolute Gasteiger partial charge is 0.262 e. The zero-order valence-electron chi connectivity index (χ0n) is 31.8. The van der Waals surface area contributed by atoms with Crippen molar-refractivity contribution in [1.29, 1.82) is 0 Å². The highest BCUT2D eigenvalue weighted by molar-refractivity contribution is 6.23. The molecule has 2 aliphatic heterocycles. The maximum absolute atomic E-state index is 13.0. The summed E-state index contributed by atoms with van der Waals surface area (Å²) >= 11 is 0. The molecule has 0 radical (unpaired) electrons. The van der Waals surface area contributed by atoms with E-state index in [1.807, 2.05) is 36.8 Å². The van der Waals surface area contributed by atoms with Gasteiger partial charge in [-0.25, -0.2) is 4.98 Å². The molecule has 1 atom stereocenters. The maximum atomic E-state index is 13.0. The molecule has 14 heteroatoms. The van der Waals surface area contributed by atoms with Gasteiger partial charge in [-0.2, -0.15) is 0 Å². The number of nitrogens with one attached hydrogen (secondary N) is 1. The van der Waals surface area contributed by atoms with Crippen LogP contribution in [0.5, 0.6) is 11.6 Å². The largest absolute Gasteiger partial charge is 0.491 e. The quantitative estimate of drug-likeness (QED) is 0.0920. The number of carbonyl (C=O) groups excluding carboxylic acids is 3. The van der Waals surface area contributed by atoms with E-state index in [9.17, 15) is 14.4 Å². The number of amides is 3. The first-order valence-corrected chi connectivity index (χ1v) is 19.3. The van der Waals surface area contributed by atoms with Crippen LogP contribution in [0.15, 0.2) is 85.5 Å². The van der Waals surface area contributed by atoms with Crippen molar-refractivity contribution in [3.63, 3.8) is 0 Å². The van der Waals surface area contributed by atoms with E-state index in [2.05, 4.69) is 51.7 Å². The Kier molecular flexibility index (Phi) is 11.5. The van der Waals surface area contributed by atoms with Gasteiger partial charge >= 0.3 is 0 Å². The Hall–Kier alpha value is -5.67. The van der Waals surface area contributed by atoms with Crippen molar-refractivity contribution in [1.82, 2.24) is 24.8 Å². The number of aromatic nitrogens is 3. The molecular formula is C43H45N5O9. The second-order valence-electron chi connectivity index (χ2n) is 14.3. The van der Waals surface area contributed by atoms with Crippen LogP contribution in [0.25, 0.3) is 32.9 Å². The molecule has 14 nitrogen and oxygen atoms in total. The highest BCUT2D eigenvalue weighted by atomic mass is 16.6. The third kappa shape index (κ3) is 8.40. The van der Waals surface area contributed by atoms with Gasteiger partial charge in [0.2, 0.25) is 11.8 Å². The van der Waals surface area contributed by atoms with Crippen LogP contribution >= 0.6 is 0 Å². The molecule has 1 saturated carbocycles. The van der Waals surface area contributed by atoms with Crippen LogP contribution in [-0.4, -0.2) is 108 Å². The normalized spacial score (nSPS) is 19.2. The first kappa shape index (κ1) is 38.2. The van der Waals surface area contributed by atoms with E-state index in [1.165, 1.54) is 11.5 Å². The minimum atomic E-state index is -0.852. The Morgan fingerprint density at radius 1 is 0.754 bits per heavy atom. The third-order valence-corrected chi connectivity index (χ3v) is 10.6. The van der Waals surface area contributed by atoms with Crippen LogP contribution in [0.4, 0.5) is 0 Å². The van der Waals surface area contributed by atoms with E-state index < -0.39 is 23.8 Å². The molecule has 1 aliphatic carbocycles. The molecule has 0 spiro atoms. The van der Waals surface area contributed by atoms with Gasteiger partial charge in [-0.1, -0.05) is 18.7 Å². The summed E-state index contributed by atoms with van der Waals surface area (Å²) in [5.74, 6) is -0.328. The van der Waals surface area contributed by atoms with Gasteiger partial charge in [0.1, 0.15) is 24.5 Å². The summed E-state index contributed by atoms with van der Waals surface area (Å²) in [7, 11) is 2.08. The molecule has 57 heavy (non-hydrogen) atoms. The Labute approximate surface area is 329 Å². The Bertz CT molecular complexity index is 2280. The summed E-state index contributed by atoms with van der Waals surface area (Å²) in [6.45, 7) is 7.00. The topological polar surface area (TPSA) is 153 Å². The first-order chi connectivity index (χ1) is 27.8. The Balaban J connectivity index is 0.639. The molecule has 3 aromatic heterocycles. The molecule has 2 aromatic carbocycles. The zero-order valence-corrected chi connectivity index (χ0v) is 31.8. The predicted molar refractivity (Wildman–Crippen MR) is 210 cm³/mol. The van der Waals surface area contributed by atoms with E-state index in [-0.39, 0.29) is 29.9 Å². The second kappa shape index (κ2) is 17.2. The average molecular weight is 776 g/mol. The number of rotatable bonds is 18. The number of fused-ring (bicyclic) bond motifs is 4. The summed E-state index contributed by atoms with van der Waals surface area (Å²) in [4.78, 5) is 48.2. The van der Waals surface area contributed by atoms with Gasteiger partial charge in [0.15, 0.2) is 0 Å². The zero-order chi connectivity index (χ0) is 39.3. The SMILES string of the molecule is C=C1CCC(N2C(=O)c3ccc(OCCOCCOCCOCCOC4CC(Oc5ccc(-c6ccc7c8cnccc8n(C)c7c6)cn5)C4)cc3C2=O)C(=O)N1. The monoisotopic (exact) mass is 775 g/mol. The number of pyridine rings is 2. The van der Waals surface area contributed by atoms with Crippen LogP contribution < -0.4 is 14.8 Å². The van der Waals surface area contributed by atoms with Crippen LogP contribution in [0.1, 0.15) is 46.4 Å². The van der Waals surface area contributed by atoms with Crippen LogP contribution in [-0.2, 0) is 30.8 Å². The van der Waals surface area contributed by atoms with Gasteiger partial charge in [-0.15, -0.1) is 0 Å². The lowest BCUT2D eigenvalue weighted by atomic mass is 9.92. The summed E-state index contributed by atoms with van der Waals surface area (Å²) in [6.07, 6.45) is 8.32. The van der Waals surface area contributed by atoms with Crippen molar-refractivity contribution in [2.45, 2.75) is 43.9 Å². The van der Waals surface area contributed by atoms with Crippen LogP contribution in [0, 0.1) is 0 Å². The van der Waals surface area contributed by atoms with Crippen molar-refractivity contribution in [2.75, 3.05) is 52.9 Å². The summed E-state index contributed by atoms with van der Waals surface area (Å²) in [5.41, 5.74) is 5.51. The summed E-state index contributed by atoms with van der Waals surface area (Å²) < 4.78 is 36.7. The molecular weight excluding hydrogens is 730 g/mol. The number of imide groups is 1. The van der Waals surface area contributed by atoms with Gasteiger partial charge in [0, 0.05) is 72.1 Å². The number of hydrogen-bond donors (Lipinski definition) is 1. The number of ether oxygens (including phenoxy) is 6. The predicted octanol–water partition coefficient (Wildman–Crippen LogP) is 5.23. The molecule has 5 heterocycles. The minimum Gasteiger partial charge on any atom is -0.491 e. The number of carbonyl (C=O) groups is 3. The Morgan fingerprint density at radius 3 is 2.25 bits per heavy atom. The Morgan fingerprint density at radius 2 is 1.49 bits per heavy atom. The van der Waals surface area contributed by atoms with Gasteiger partial charge in [-0.3, -0.25) is 24.3 Å². The molecule has 1 unspecified atom stereocenters. The van der Waals surface area contributed by atoms with Gasteiger partial charge in [0.05, 0.1) is 69.0 Å². The first-order valence-electron chi connectivity index (χ1n) is 19.3. The maximum Gasteiger partial charge on any atom is 0.262 e. The summed E-state index contributed by atoms with van der Waals surface area (Å²) in [5, 5.41) is 4.96. The van der Waals surface area contributed by atoms with Gasteiger partial charge in [-0.05, 0) is 54.8 Å². The number of aryl methyl sites for hydroxylation is 1. The number of piperidine rings is 1. The molecule has 8 rings (SSSR count). The van der Waals surface area contributed by atoms with E-state index in [0.29, 0.717) is 76.4 Å². The van der Waals surface area contributed by atoms with Crippen molar-refractivity contribution in [3.05, 3.63) is 96.6 Å². The number of hydrogen-bond acceptors (Lipinski definition) is 11. The molecule has 0 bridgehead atoms. The number of nitrogens with zero attached hydrogens (tertiary/aromatic N) is 4. The number of benzene rings is 2. The van der Waals surface area contributed by atoms with Crippen LogP contribution in [0.3, 0.4) is 0 Å². The molecule has 1 N–H and O–H groups in total. The lowest BCUT2D eigenvalue weighted by Gasteiger charge is -2.34. The highest BCUT2D eigenvalue weighted by Crippen LogP contribution is 2.33. The van der Waals surface area contributed by atoms with Crippen LogP contribution in [0.2, 0.25) is 0 Å². The van der Waals surface area contributed by atoms with Crippen molar-refractivity contribution in [3.8, 4) is 22.8 Å². The third-order valence-electron chi connectivity index (χ3n) is 10.6. The standard InChI is InChI=1S/C43H45N5O9/c1-27-3-9-38(41(49)46-27)48-42(50)34-8-6-30(24-35(34)43(48)51)55-19-17-53-15-13-52-14-16-54-18-20-56-31-22-32(23-31)57-40-10-5-29(25-45-40)28-4-7-33-36-26-44-12-11-37(36)47(2)39(33)21-28/h4-8,10-12,21,24-26,31-32,38H,1,3,9,13-20,22-23H2,2H3,(H,46,49). The van der Waals surface area contributed by atoms with Crippen molar-refractivity contribution < 1.29 is 42.8 Å². The second-order valence-corrected chi connectivity index (χ2v) is 14.3. The van der Waals surface area contributed by atoms with E-state index in [4.69, 9.17) is 28.4 Å². The minimum absolute atomic E-state index is 0.0835. The fraction of sp³-hybridized carbons (Fsp3) is 0.372. The molecule has 3 aliphatic rings. The van der Waals surface area contributed by atoms with Gasteiger partial charge in [0.25, 0.3) is 11.8 Å². The van der Waals surface area contributed by atoms with Crippen molar-refractivity contribution in [2.24, 2.45) is 7.05 Å². The lowest BCUT2D eigenvalue weighted by Crippen LogP contribution is -2.51. The van der Waals surface area contributed by atoms with E-state index >= 15 is 0 Å². The molecule has 3 amide bonds. The fourth-order valence-corrected chi connectivity index (χ4v) is 7.43. The van der Waals surface area contributed by atoms with E-state index in [1.54, 1.807) is 12.1 Å². The summed E-state index contributed by atoms with van der Waals surface area (Å²) in [6, 6.07) is 16.3. The van der Waals surface area contributed by atoms with E-state index in [0.717, 1.165) is 45.3 Å². The van der Waals surface area contributed by atoms with Gasteiger partial charge < -0.3 is 38.3 Å².